The minimum absolute atomic E-state index is 0.141. The van der Waals surface area contributed by atoms with Crippen molar-refractivity contribution in [3.63, 3.8) is 0 Å². The summed E-state index contributed by atoms with van der Waals surface area (Å²) in [4.78, 5) is 16.0. The predicted octanol–water partition coefficient (Wildman–Crippen LogP) is 2.51. The zero-order valence-electron chi connectivity index (χ0n) is 12.0. The molecule has 0 radical (unpaired) electrons. The smallest absolute Gasteiger partial charge is 0.226 e. The minimum atomic E-state index is -0.318. The summed E-state index contributed by atoms with van der Waals surface area (Å²) >= 11 is 0. The summed E-state index contributed by atoms with van der Waals surface area (Å²) in [6.07, 6.45) is 1.79. The molecule has 2 aromatic rings. The Hall–Kier alpha value is -2.40. The molecular formula is C16H19N3O2. The molecule has 1 unspecified atom stereocenters. The van der Waals surface area contributed by atoms with Crippen molar-refractivity contribution >= 4 is 11.6 Å². The molecule has 0 spiro atoms. The van der Waals surface area contributed by atoms with Gasteiger partial charge >= 0.3 is 0 Å². The molecule has 1 aromatic heterocycles. The number of benzene rings is 1. The lowest BCUT2D eigenvalue weighted by Gasteiger charge is -2.12. The molecule has 1 heterocycles. The average Bonchev–Trinajstić information content (AvgIpc) is 2.50. The first-order valence-corrected chi connectivity index (χ1v) is 6.88. The van der Waals surface area contributed by atoms with Crippen molar-refractivity contribution in [2.24, 2.45) is 5.73 Å². The van der Waals surface area contributed by atoms with Crippen molar-refractivity contribution < 1.29 is 9.53 Å². The molecule has 0 aliphatic carbocycles. The Labute approximate surface area is 124 Å². The molecular weight excluding hydrogens is 266 g/mol. The SMILES string of the molecule is CCOc1ccc(NC(=O)CC(N)c2ccccc2)cn1. The van der Waals surface area contributed by atoms with E-state index in [1.807, 2.05) is 37.3 Å². The molecule has 0 fully saturated rings. The third-order valence-electron chi connectivity index (χ3n) is 2.95. The number of ether oxygens (including phenoxy) is 1. The maximum absolute atomic E-state index is 12.0. The predicted molar refractivity (Wildman–Crippen MR) is 82.0 cm³/mol. The highest BCUT2D eigenvalue weighted by Gasteiger charge is 2.11. The van der Waals surface area contributed by atoms with Gasteiger partial charge in [0.1, 0.15) is 0 Å². The van der Waals surface area contributed by atoms with Crippen LogP contribution in [0.5, 0.6) is 5.88 Å². The maximum Gasteiger partial charge on any atom is 0.226 e. The van der Waals surface area contributed by atoms with Gasteiger partial charge in [0.15, 0.2) is 0 Å². The highest BCUT2D eigenvalue weighted by Crippen LogP contribution is 2.16. The zero-order valence-corrected chi connectivity index (χ0v) is 12.0. The van der Waals surface area contributed by atoms with Crippen molar-refractivity contribution in [3.8, 4) is 5.88 Å². The van der Waals surface area contributed by atoms with Gasteiger partial charge in [-0.15, -0.1) is 0 Å². The number of pyridine rings is 1. The van der Waals surface area contributed by atoms with E-state index in [1.54, 1.807) is 18.3 Å². The first-order valence-electron chi connectivity index (χ1n) is 6.88. The topological polar surface area (TPSA) is 77.2 Å². The molecule has 0 saturated carbocycles. The van der Waals surface area contributed by atoms with E-state index in [0.29, 0.717) is 18.2 Å². The van der Waals surface area contributed by atoms with Crippen LogP contribution in [-0.4, -0.2) is 17.5 Å². The molecule has 3 N–H and O–H groups in total. The van der Waals surface area contributed by atoms with Gasteiger partial charge in [0.2, 0.25) is 11.8 Å². The fourth-order valence-corrected chi connectivity index (χ4v) is 1.92. The van der Waals surface area contributed by atoms with Gasteiger partial charge in [0.05, 0.1) is 18.5 Å². The second-order valence-corrected chi connectivity index (χ2v) is 4.59. The number of nitrogens with one attached hydrogen (secondary N) is 1. The number of hydrogen-bond donors (Lipinski definition) is 2. The Bertz CT molecular complexity index is 570. The lowest BCUT2D eigenvalue weighted by Crippen LogP contribution is -2.20. The summed E-state index contributed by atoms with van der Waals surface area (Å²) in [6.45, 7) is 2.45. The summed E-state index contributed by atoms with van der Waals surface area (Å²) in [5.41, 5.74) is 7.59. The van der Waals surface area contributed by atoms with Gasteiger partial charge in [-0.25, -0.2) is 4.98 Å². The van der Waals surface area contributed by atoms with Crippen molar-refractivity contribution in [2.75, 3.05) is 11.9 Å². The van der Waals surface area contributed by atoms with E-state index in [4.69, 9.17) is 10.5 Å². The van der Waals surface area contributed by atoms with E-state index < -0.39 is 0 Å². The quantitative estimate of drug-likeness (QED) is 0.855. The van der Waals surface area contributed by atoms with Crippen LogP contribution in [0.2, 0.25) is 0 Å². The fraction of sp³-hybridized carbons (Fsp3) is 0.250. The number of hydrogen-bond acceptors (Lipinski definition) is 4. The van der Waals surface area contributed by atoms with Crippen molar-refractivity contribution in [1.29, 1.82) is 0 Å². The Morgan fingerprint density at radius 1 is 1.29 bits per heavy atom. The molecule has 21 heavy (non-hydrogen) atoms. The van der Waals surface area contributed by atoms with Crippen molar-refractivity contribution in [3.05, 3.63) is 54.2 Å². The lowest BCUT2D eigenvalue weighted by molar-refractivity contribution is -0.116. The number of nitrogens with two attached hydrogens (primary N) is 1. The molecule has 0 saturated heterocycles. The maximum atomic E-state index is 12.0. The molecule has 5 nitrogen and oxygen atoms in total. The van der Waals surface area contributed by atoms with E-state index in [9.17, 15) is 4.79 Å². The first-order chi connectivity index (χ1) is 10.2. The van der Waals surface area contributed by atoms with Crippen LogP contribution in [-0.2, 0) is 4.79 Å². The van der Waals surface area contributed by atoms with Crippen LogP contribution in [0.1, 0.15) is 24.9 Å². The van der Waals surface area contributed by atoms with Crippen LogP contribution < -0.4 is 15.8 Å². The van der Waals surface area contributed by atoms with E-state index in [2.05, 4.69) is 10.3 Å². The second-order valence-electron chi connectivity index (χ2n) is 4.59. The summed E-state index contributed by atoms with van der Waals surface area (Å²) < 4.78 is 5.24. The molecule has 2 rings (SSSR count). The lowest BCUT2D eigenvalue weighted by atomic mass is 10.0. The average molecular weight is 285 g/mol. The number of carbonyl (C=O) groups excluding carboxylic acids is 1. The summed E-state index contributed by atoms with van der Waals surface area (Å²) in [7, 11) is 0. The van der Waals surface area contributed by atoms with Crippen LogP contribution in [0.4, 0.5) is 5.69 Å². The Kier molecular flexibility index (Phi) is 5.29. The van der Waals surface area contributed by atoms with Crippen LogP contribution in [0.25, 0.3) is 0 Å². The molecule has 110 valence electrons. The number of nitrogens with zero attached hydrogens (tertiary/aromatic N) is 1. The highest BCUT2D eigenvalue weighted by molar-refractivity contribution is 5.91. The number of carbonyl (C=O) groups is 1. The number of amides is 1. The van der Waals surface area contributed by atoms with E-state index in [0.717, 1.165) is 5.56 Å². The number of rotatable bonds is 6. The monoisotopic (exact) mass is 285 g/mol. The summed E-state index contributed by atoms with van der Waals surface area (Å²) in [5.74, 6) is 0.397. The number of aromatic nitrogens is 1. The van der Waals surface area contributed by atoms with Crippen LogP contribution in [0.15, 0.2) is 48.7 Å². The van der Waals surface area contributed by atoms with Gasteiger partial charge in [-0.05, 0) is 18.6 Å². The third kappa shape index (κ3) is 4.57. The number of anilines is 1. The van der Waals surface area contributed by atoms with E-state index in [1.165, 1.54) is 0 Å². The van der Waals surface area contributed by atoms with Gasteiger partial charge in [0.25, 0.3) is 0 Å². The molecule has 0 aliphatic heterocycles. The molecule has 1 atom stereocenters. The summed E-state index contributed by atoms with van der Waals surface area (Å²) in [6, 6.07) is 12.7. The normalized spacial score (nSPS) is 11.7. The van der Waals surface area contributed by atoms with Crippen LogP contribution >= 0.6 is 0 Å². The van der Waals surface area contributed by atoms with Crippen molar-refractivity contribution in [2.45, 2.75) is 19.4 Å². The summed E-state index contributed by atoms with van der Waals surface area (Å²) in [5, 5.41) is 2.77. The molecule has 5 heteroatoms. The Balaban J connectivity index is 1.89. The van der Waals surface area contributed by atoms with Gasteiger partial charge < -0.3 is 15.8 Å². The highest BCUT2D eigenvalue weighted by atomic mass is 16.5. The fourth-order valence-electron chi connectivity index (χ4n) is 1.92. The van der Waals surface area contributed by atoms with Gasteiger partial charge in [-0.2, -0.15) is 0 Å². The van der Waals surface area contributed by atoms with Gasteiger partial charge in [0, 0.05) is 18.5 Å². The van der Waals surface area contributed by atoms with E-state index in [-0.39, 0.29) is 18.4 Å². The van der Waals surface area contributed by atoms with Crippen LogP contribution in [0, 0.1) is 0 Å². The molecule has 0 aliphatic rings. The Morgan fingerprint density at radius 2 is 2.05 bits per heavy atom. The molecule has 1 amide bonds. The second kappa shape index (κ2) is 7.40. The largest absolute Gasteiger partial charge is 0.478 e. The first kappa shape index (κ1) is 15.0. The zero-order chi connectivity index (χ0) is 15.1. The van der Waals surface area contributed by atoms with E-state index >= 15 is 0 Å². The van der Waals surface area contributed by atoms with Crippen molar-refractivity contribution in [1.82, 2.24) is 4.98 Å². The minimum Gasteiger partial charge on any atom is -0.478 e. The molecule has 0 bridgehead atoms. The Morgan fingerprint density at radius 3 is 2.67 bits per heavy atom. The van der Waals surface area contributed by atoms with Gasteiger partial charge in [-0.3, -0.25) is 4.79 Å². The standard InChI is InChI=1S/C16H19N3O2/c1-2-21-16-9-8-13(11-18-16)19-15(20)10-14(17)12-6-4-3-5-7-12/h3-9,11,14H,2,10,17H2,1H3,(H,19,20). The van der Waals surface area contributed by atoms with Gasteiger partial charge in [-0.1, -0.05) is 30.3 Å². The van der Waals surface area contributed by atoms with Crippen LogP contribution in [0.3, 0.4) is 0 Å². The molecule has 1 aromatic carbocycles. The third-order valence-corrected chi connectivity index (χ3v) is 2.95.